The number of carbonyl (C=O) groups is 1. The molecule has 0 aliphatic heterocycles. The molecule has 0 spiro atoms. The minimum absolute atomic E-state index is 0.0491. The summed E-state index contributed by atoms with van der Waals surface area (Å²) >= 11 is 1.40. The highest BCUT2D eigenvalue weighted by molar-refractivity contribution is 7.11. The molecule has 0 aliphatic carbocycles. The molecule has 0 atom stereocenters. The number of aromatic nitrogens is 4. The number of amides is 1. The van der Waals surface area contributed by atoms with Crippen LogP contribution in [-0.2, 0) is 6.18 Å². The highest BCUT2D eigenvalue weighted by atomic mass is 32.1. The van der Waals surface area contributed by atoms with Crippen molar-refractivity contribution >= 4 is 28.6 Å². The highest BCUT2D eigenvalue weighted by Gasteiger charge is 2.33. The molecular weight excluding hydrogens is 403 g/mol. The molecule has 4 aromatic rings. The molecule has 3 heterocycles. The summed E-state index contributed by atoms with van der Waals surface area (Å²) in [7, 11) is 0. The Kier molecular flexibility index (Phi) is 4.58. The van der Waals surface area contributed by atoms with Gasteiger partial charge < -0.3 is 5.32 Å². The molecule has 0 fully saturated rings. The molecule has 29 heavy (non-hydrogen) atoms. The number of carbonyl (C=O) groups excluding carboxylic acids is 1. The highest BCUT2D eigenvalue weighted by Crippen LogP contribution is 2.36. The summed E-state index contributed by atoms with van der Waals surface area (Å²) in [5, 5.41) is 7.56. The van der Waals surface area contributed by atoms with Gasteiger partial charge in [-0.3, -0.25) is 4.79 Å². The Labute approximate surface area is 167 Å². The third-order valence-electron chi connectivity index (χ3n) is 4.24. The Morgan fingerprint density at radius 1 is 1.14 bits per heavy atom. The number of hydrogen-bond acceptors (Lipinski definition) is 5. The van der Waals surface area contributed by atoms with Crippen LogP contribution in [0.5, 0.6) is 0 Å². The number of aryl methyl sites for hydroxylation is 2. The van der Waals surface area contributed by atoms with Gasteiger partial charge in [-0.05, 0) is 26.0 Å². The van der Waals surface area contributed by atoms with Crippen LogP contribution in [0.15, 0.2) is 42.7 Å². The zero-order valence-electron chi connectivity index (χ0n) is 15.3. The average molecular weight is 417 g/mol. The summed E-state index contributed by atoms with van der Waals surface area (Å²) in [5.41, 5.74) is 0.110. The van der Waals surface area contributed by atoms with Crippen molar-refractivity contribution in [1.82, 2.24) is 19.6 Å². The van der Waals surface area contributed by atoms with Crippen molar-refractivity contribution in [3.05, 3.63) is 63.9 Å². The Bertz CT molecular complexity index is 1230. The molecule has 0 saturated carbocycles. The first-order chi connectivity index (χ1) is 13.7. The quantitative estimate of drug-likeness (QED) is 0.523. The van der Waals surface area contributed by atoms with Crippen molar-refractivity contribution in [2.75, 3.05) is 5.32 Å². The van der Waals surface area contributed by atoms with Crippen molar-refractivity contribution in [3.8, 4) is 11.3 Å². The summed E-state index contributed by atoms with van der Waals surface area (Å²) in [6.07, 6.45) is -1.62. The van der Waals surface area contributed by atoms with E-state index in [2.05, 4.69) is 20.4 Å². The first kappa shape index (κ1) is 19.1. The van der Waals surface area contributed by atoms with Gasteiger partial charge in [0.15, 0.2) is 5.65 Å². The summed E-state index contributed by atoms with van der Waals surface area (Å²) < 4.78 is 41.5. The molecule has 6 nitrogen and oxygen atoms in total. The summed E-state index contributed by atoms with van der Waals surface area (Å²) in [4.78, 5) is 21.8. The third-order valence-corrected chi connectivity index (χ3v) is 5.13. The molecule has 0 unspecified atom stereocenters. The number of anilines is 1. The summed E-state index contributed by atoms with van der Waals surface area (Å²) in [5.74, 6) is -0.426. The minimum atomic E-state index is -4.51. The molecule has 0 radical (unpaired) electrons. The Morgan fingerprint density at radius 2 is 1.90 bits per heavy atom. The molecule has 1 amide bonds. The van der Waals surface area contributed by atoms with Crippen LogP contribution in [0.1, 0.15) is 25.9 Å². The first-order valence-electron chi connectivity index (χ1n) is 8.50. The fourth-order valence-electron chi connectivity index (χ4n) is 2.98. The van der Waals surface area contributed by atoms with Crippen molar-refractivity contribution in [2.45, 2.75) is 20.0 Å². The van der Waals surface area contributed by atoms with Gasteiger partial charge in [0, 0.05) is 16.6 Å². The number of hydrogen-bond donors (Lipinski definition) is 1. The monoisotopic (exact) mass is 417 g/mol. The number of thiazole rings is 1. The van der Waals surface area contributed by atoms with Gasteiger partial charge in [0.25, 0.3) is 5.91 Å². The number of nitrogens with one attached hydrogen (secondary N) is 1. The first-order valence-corrected chi connectivity index (χ1v) is 9.32. The Balaban J connectivity index is 1.75. The zero-order valence-corrected chi connectivity index (χ0v) is 16.1. The van der Waals surface area contributed by atoms with Crippen LogP contribution in [0.4, 0.5) is 18.9 Å². The molecule has 1 N–H and O–H groups in total. The molecule has 148 valence electrons. The van der Waals surface area contributed by atoms with E-state index in [4.69, 9.17) is 0 Å². The van der Waals surface area contributed by atoms with Crippen LogP contribution >= 0.6 is 11.3 Å². The van der Waals surface area contributed by atoms with E-state index in [1.165, 1.54) is 52.5 Å². The van der Waals surface area contributed by atoms with E-state index in [-0.39, 0.29) is 22.6 Å². The number of nitrogens with zero attached hydrogens (tertiary/aromatic N) is 4. The number of fused-ring (bicyclic) bond motifs is 1. The maximum absolute atomic E-state index is 13.4. The van der Waals surface area contributed by atoms with Gasteiger partial charge in [-0.2, -0.15) is 18.3 Å². The standard InChI is InChI=1S/C19H14F3N5OS/c1-10-16(24-11(2)29-10)18(28)26-15-9-23-27-8-7-14(25-17(15)27)12-5-3-4-6-13(12)19(20,21)22/h3-9H,1-2H3,(H,26,28). The van der Waals surface area contributed by atoms with E-state index in [0.717, 1.165) is 16.0 Å². The fraction of sp³-hybridized carbons (Fsp3) is 0.158. The zero-order chi connectivity index (χ0) is 20.8. The van der Waals surface area contributed by atoms with Gasteiger partial charge in [0.2, 0.25) is 0 Å². The second-order valence-electron chi connectivity index (χ2n) is 6.27. The summed E-state index contributed by atoms with van der Waals surface area (Å²) in [6, 6.07) is 6.66. The smallest absolute Gasteiger partial charge is 0.316 e. The molecule has 0 aliphatic rings. The van der Waals surface area contributed by atoms with E-state index in [0.29, 0.717) is 5.69 Å². The maximum Gasteiger partial charge on any atom is 0.417 e. The number of alkyl halides is 3. The van der Waals surface area contributed by atoms with E-state index >= 15 is 0 Å². The van der Waals surface area contributed by atoms with Gasteiger partial charge in [0.05, 0.1) is 22.5 Å². The van der Waals surface area contributed by atoms with E-state index in [1.807, 2.05) is 0 Å². The van der Waals surface area contributed by atoms with Gasteiger partial charge in [-0.25, -0.2) is 14.5 Å². The van der Waals surface area contributed by atoms with Crippen molar-refractivity contribution in [3.63, 3.8) is 0 Å². The third kappa shape index (κ3) is 3.58. The van der Waals surface area contributed by atoms with Crippen LogP contribution in [0, 0.1) is 13.8 Å². The van der Waals surface area contributed by atoms with Gasteiger partial charge in [0.1, 0.15) is 11.4 Å². The Morgan fingerprint density at radius 3 is 2.59 bits per heavy atom. The second kappa shape index (κ2) is 6.96. The molecule has 4 rings (SSSR count). The Hall–Kier alpha value is -3.27. The lowest BCUT2D eigenvalue weighted by atomic mass is 10.0. The van der Waals surface area contributed by atoms with Crippen LogP contribution in [0.3, 0.4) is 0 Å². The number of benzene rings is 1. The van der Waals surface area contributed by atoms with E-state index < -0.39 is 17.6 Å². The number of rotatable bonds is 3. The fourth-order valence-corrected chi connectivity index (χ4v) is 3.80. The molecule has 1 aromatic carbocycles. The largest absolute Gasteiger partial charge is 0.417 e. The summed E-state index contributed by atoms with van der Waals surface area (Å²) in [6.45, 7) is 3.59. The lowest BCUT2D eigenvalue weighted by Crippen LogP contribution is -2.13. The predicted octanol–water partition coefficient (Wildman–Crippen LogP) is 4.74. The topological polar surface area (TPSA) is 72.2 Å². The van der Waals surface area contributed by atoms with Crippen molar-refractivity contribution in [1.29, 1.82) is 0 Å². The number of halogens is 3. The SMILES string of the molecule is Cc1nc(C(=O)Nc2cnn3ccc(-c4ccccc4C(F)(F)F)nc23)c(C)s1. The molecule has 3 aromatic heterocycles. The van der Waals surface area contributed by atoms with Crippen molar-refractivity contribution in [2.24, 2.45) is 0 Å². The molecule has 0 saturated heterocycles. The van der Waals surface area contributed by atoms with Crippen molar-refractivity contribution < 1.29 is 18.0 Å². The lowest BCUT2D eigenvalue weighted by Gasteiger charge is -2.12. The minimum Gasteiger partial charge on any atom is -0.316 e. The lowest BCUT2D eigenvalue weighted by molar-refractivity contribution is -0.137. The second-order valence-corrected chi connectivity index (χ2v) is 7.68. The van der Waals surface area contributed by atoms with Crippen LogP contribution < -0.4 is 5.32 Å². The van der Waals surface area contributed by atoms with Gasteiger partial charge in [-0.15, -0.1) is 11.3 Å². The molecule has 0 bridgehead atoms. The van der Waals surface area contributed by atoms with Crippen LogP contribution in [0.2, 0.25) is 0 Å². The van der Waals surface area contributed by atoms with E-state index in [9.17, 15) is 18.0 Å². The van der Waals surface area contributed by atoms with Gasteiger partial charge in [-0.1, -0.05) is 18.2 Å². The van der Waals surface area contributed by atoms with Gasteiger partial charge >= 0.3 is 6.18 Å². The maximum atomic E-state index is 13.4. The molecule has 10 heteroatoms. The van der Waals surface area contributed by atoms with Crippen LogP contribution in [0.25, 0.3) is 16.9 Å². The predicted molar refractivity (Wildman–Crippen MR) is 103 cm³/mol. The van der Waals surface area contributed by atoms with Crippen LogP contribution in [-0.4, -0.2) is 25.5 Å². The normalized spacial score (nSPS) is 11.8. The van der Waals surface area contributed by atoms with E-state index in [1.54, 1.807) is 13.8 Å². The average Bonchev–Trinajstić information content (AvgIpc) is 3.23. The molecular formula is C19H14F3N5OS.